The monoisotopic (exact) mass is 362 g/mol. The highest BCUT2D eigenvalue weighted by molar-refractivity contribution is 5.77. The second kappa shape index (κ2) is 5.35. The number of hydrogen-bond acceptors (Lipinski definition) is 4. The van der Waals surface area contributed by atoms with Crippen LogP contribution in [-0.2, 0) is 19.0 Å². The minimum atomic E-state index is -4.62. The summed E-state index contributed by atoms with van der Waals surface area (Å²) in [5.41, 5.74) is -3.28. The number of rotatable bonds is 2. The summed E-state index contributed by atoms with van der Waals surface area (Å²) >= 11 is 0. The fourth-order valence-electron chi connectivity index (χ4n) is 5.46. The van der Waals surface area contributed by atoms with Crippen LogP contribution in [0.2, 0.25) is 0 Å². The van der Waals surface area contributed by atoms with Gasteiger partial charge in [0.1, 0.15) is 5.60 Å². The Morgan fingerprint density at radius 1 is 1.04 bits per heavy atom. The first kappa shape index (κ1) is 17.6. The fourth-order valence-corrected chi connectivity index (χ4v) is 5.46. The molecule has 0 amide bonds. The quantitative estimate of drug-likeness (QED) is 0.701. The molecule has 4 saturated carbocycles. The Balaban J connectivity index is 1.56. The van der Waals surface area contributed by atoms with Crippen LogP contribution in [-0.4, -0.2) is 36.7 Å². The summed E-state index contributed by atoms with van der Waals surface area (Å²) in [6, 6.07) is 0. The number of esters is 1. The summed E-state index contributed by atoms with van der Waals surface area (Å²) < 4.78 is 57.3. The summed E-state index contributed by atoms with van der Waals surface area (Å²) in [4.78, 5) is 12.4. The van der Waals surface area contributed by atoms with Gasteiger partial charge in [-0.05, 0) is 58.3 Å². The Morgan fingerprint density at radius 2 is 1.60 bits per heavy atom. The molecule has 0 aromatic carbocycles. The lowest BCUT2D eigenvalue weighted by molar-refractivity contribution is -0.373. The highest BCUT2D eigenvalue weighted by atomic mass is 19.4. The zero-order valence-electron chi connectivity index (χ0n) is 14.7. The SMILES string of the molecule is CC(C)(C(=O)OC12CC3CC(C1)C1(OCCCO1)C(C3)C2)C(F)(F)F. The predicted molar refractivity (Wildman–Crippen MR) is 81.5 cm³/mol. The molecule has 5 fully saturated rings. The molecule has 5 rings (SSSR count). The van der Waals surface area contributed by atoms with Crippen molar-refractivity contribution >= 4 is 5.97 Å². The molecule has 4 nitrogen and oxygen atoms in total. The first-order valence-corrected chi connectivity index (χ1v) is 9.16. The Morgan fingerprint density at radius 3 is 2.12 bits per heavy atom. The van der Waals surface area contributed by atoms with Gasteiger partial charge in [0.25, 0.3) is 0 Å². The van der Waals surface area contributed by atoms with Gasteiger partial charge in [-0.1, -0.05) is 0 Å². The van der Waals surface area contributed by atoms with E-state index in [-0.39, 0.29) is 11.8 Å². The van der Waals surface area contributed by atoms with Crippen LogP contribution in [0.5, 0.6) is 0 Å². The first-order valence-electron chi connectivity index (χ1n) is 9.16. The number of hydrogen-bond donors (Lipinski definition) is 0. The topological polar surface area (TPSA) is 44.8 Å². The van der Waals surface area contributed by atoms with Crippen LogP contribution in [0.4, 0.5) is 13.2 Å². The lowest BCUT2D eigenvalue weighted by Crippen LogP contribution is -2.67. The van der Waals surface area contributed by atoms with Gasteiger partial charge in [0.05, 0.1) is 13.2 Å². The number of alkyl halides is 3. The molecule has 1 saturated heterocycles. The van der Waals surface area contributed by atoms with Crippen molar-refractivity contribution in [1.29, 1.82) is 0 Å². The van der Waals surface area contributed by atoms with Gasteiger partial charge >= 0.3 is 12.1 Å². The summed E-state index contributed by atoms with van der Waals surface area (Å²) in [6.07, 6.45) is -0.125. The maximum Gasteiger partial charge on any atom is 0.404 e. The van der Waals surface area contributed by atoms with Crippen LogP contribution in [0, 0.1) is 23.2 Å². The van der Waals surface area contributed by atoms with Crippen molar-refractivity contribution in [3.8, 4) is 0 Å². The van der Waals surface area contributed by atoms with E-state index in [2.05, 4.69) is 0 Å². The van der Waals surface area contributed by atoms with Gasteiger partial charge in [0.2, 0.25) is 0 Å². The summed E-state index contributed by atoms with van der Waals surface area (Å²) in [5.74, 6) is -1.20. The van der Waals surface area contributed by atoms with E-state index in [4.69, 9.17) is 14.2 Å². The van der Waals surface area contributed by atoms with E-state index in [1.165, 1.54) is 0 Å². The molecular weight excluding hydrogens is 337 g/mol. The van der Waals surface area contributed by atoms with Gasteiger partial charge < -0.3 is 14.2 Å². The Kier molecular flexibility index (Phi) is 3.76. The zero-order chi connectivity index (χ0) is 18.1. The molecule has 142 valence electrons. The molecule has 2 atom stereocenters. The highest BCUT2D eigenvalue weighted by Gasteiger charge is 2.67. The number of carbonyl (C=O) groups excluding carboxylic acids is 1. The molecule has 25 heavy (non-hydrogen) atoms. The molecule has 0 N–H and O–H groups in total. The number of carbonyl (C=O) groups is 1. The average Bonchev–Trinajstić information content (AvgIpc) is 2.51. The molecule has 4 bridgehead atoms. The van der Waals surface area contributed by atoms with Gasteiger partial charge in [-0.2, -0.15) is 13.2 Å². The molecule has 2 unspecified atom stereocenters. The van der Waals surface area contributed by atoms with E-state index in [0.29, 0.717) is 38.4 Å². The van der Waals surface area contributed by atoms with Crippen LogP contribution in [0.3, 0.4) is 0 Å². The van der Waals surface area contributed by atoms with Crippen molar-refractivity contribution in [3.05, 3.63) is 0 Å². The Hall–Kier alpha value is -0.820. The van der Waals surface area contributed by atoms with Gasteiger partial charge in [0.15, 0.2) is 11.2 Å². The number of halogens is 3. The van der Waals surface area contributed by atoms with Crippen LogP contribution < -0.4 is 0 Å². The van der Waals surface area contributed by atoms with Crippen molar-refractivity contribution in [2.45, 2.75) is 69.9 Å². The molecule has 0 aromatic rings. The van der Waals surface area contributed by atoms with E-state index in [1.807, 2.05) is 0 Å². The second-order valence-electron chi connectivity index (χ2n) is 8.81. The maximum absolute atomic E-state index is 13.2. The smallest absolute Gasteiger partial charge is 0.404 e. The molecule has 7 heteroatoms. The largest absolute Gasteiger partial charge is 0.458 e. The second-order valence-corrected chi connectivity index (χ2v) is 8.81. The summed E-state index contributed by atoms with van der Waals surface area (Å²) in [5, 5.41) is 0. The van der Waals surface area contributed by atoms with Gasteiger partial charge in [-0.3, -0.25) is 4.79 Å². The first-order chi connectivity index (χ1) is 11.6. The Bertz CT molecular complexity index is 547. The van der Waals surface area contributed by atoms with Crippen molar-refractivity contribution in [2.75, 3.05) is 13.2 Å². The maximum atomic E-state index is 13.2. The van der Waals surface area contributed by atoms with Crippen LogP contribution in [0.1, 0.15) is 52.4 Å². The van der Waals surface area contributed by atoms with Gasteiger partial charge in [0, 0.05) is 11.8 Å². The fraction of sp³-hybridized carbons (Fsp3) is 0.944. The van der Waals surface area contributed by atoms with Crippen molar-refractivity contribution in [2.24, 2.45) is 23.2 Å². The van der Waals surface area contributed by atoms with Crippen LogP contribution in [0.25, 0.3) is 0 Å². The third kappa shape index (κ3) is 2.52. The van der Waals surface area contributed by atoms with Crippen molar-refractivity contribution in [1.82, 2.24) is 0 Å². The predicted octanol–water partition coefficient (Wildman–Crippen LogP) is 3.83. The van der Waals surface area contributed by atoms with Crippen molar-refractivity contribution < 1.29 is 32.2 Å². The van der Waals surface area contributed by atoms with E-state index in [0.717, 1.165) is 33.1 Å². The van der Waals surface area contributed by atoms with E-state index < -0.39 is 28.9 Å². The molecular formula is C18H25F3O4. The summed E-state index contributed by atoms with van der Waals surface area (Å²) in [7, 11) is 0. The standard InChI is InChI=1S/C18H25F3O4/c1-15(2,18(19,20)21)14(22)25-16-8-11-6-12(9-16)17(13(7-11)10-16)23-4-3-5-24-17/h11-13H,3-10H2,1-2H3. The van der Waals surface area contributed by atoms with Crippen LogP contribution >= 0.6 is 0 Å². The van der Waals surface area contributed by atoms with E-state index in [9.17, 15) is 18.0 Å². The van der Waals surface area contributed by atoms with Gasteiger partial charge in [-0.15, -0.1) is 0 Å². The molecule has 4 aliphatic carbocycles. The van der Waals surface area contributed by atoms with Crippen molar-refractivity contribution in [3.63, 3.8) is 0 Å². The molecule has 0 aromatic heterocycles. The lowest BCUT2D eigenvalue weighted by atomic mass is 9.51. The minimum absolute atomic E-state index is 0.0980. The summed E-state index contributed by atoms with van der Waals surface area (Å²) in [6.45, 7) is 3.10. The molecule has 1 spiro atoms. The molecule has 1 aliphatic heterocycles. The minimum Gasteiger partial charge on any atom is -0.458 e. The van der Waals surface area contributed by atoms with E-state index >= 15 is 0 Å². The van der Waals surface area contributed by atoms with Gasteiger partial charge in [-0.25, -0.2) is 0 Å². The number of ether oxygens (including phenoxy) is 3. The third-order valence-electron chi connectivity index (χ3n) is 6.74. The normalized spacial score (nSPS) is 39.6. The molecule has 5 aliphatic rings. The zero-order valence-corrected chi connectivity index (χ0v) is 14.7. The lowest BCUT2D eigenvalue weighted by Gasteiger charge is -2.64. The molecule has 0 radical (unpaired) electrons. The Labute approximate surface area is 145 Å². The van der Waals surface area contributed by atoms with Crippen LogP contribution in [0.15, 0.2) is 0 Å². The molecule has 1 heterocycles. The highest BCUT2D eigenvalue weighted by Crippen LogP contribution is 2.63. The third-order valence-corrected chi connectivity index (χ3v) is 6.74. The average molecular weight is 362 g/mol. The van der Waals surface area contributed by atoms with E-state index in [1.54, 1.807) is 0 Å².